The van der Waals surface area contributed by atoms with Gasteiger partial charge in [0.05, 0.1) is 0 Å². The van der Waals surface area contributed by atoms with E-state index < -0.39 is 0 Å². The van der Waals surface area contributed by atoms with Gasteiger partial charge in [-0.1, -0.05) is 67.5 Å². The number of esters is 1. The second-order valence-electron chi connectivity index (χ2n) is 7.49. The van der Waals surface area contributed by atoms with Crippen molar-refractivity contribution in [3.8, 4) is 5.75 Å². The number of methoxy groups -OCH3 is 1. The number of hydrogen-bond acceptors (Lipinski definition) is 3. The molecule has 0 heterocycles. The summed E-state index contributed by atoms with van der Waals surface area (Å²) in [5.41, 5.74) is 6.62. The smallest absolute Gasteiger partial charge is 0.489 e. The molecule has 0 saturated carbocycles. The van der Waals surface area contributed by atoms with Crippen molar-refractivity contribution in [3.05, 3.63) is 82.9 Å². The molecule has 3 nitrogen and oxygen atoms in total. The van der Waals surface area contributed by atoms with E-state index in [-0.39, 0.29) is 5.97 Å². The molecular formula is C26H31O3S+. The molecule has 4 heteroatoms. The number of benzene rings is 2. The first-order valence-electron chi connectivity index (χ1n) is 10.5. The summed E-state index contributed by atoms with van der Waals surface area (Å²) in [7, 11) is 1.48. The highest BCUT2D eigenvalue weighted by molar-refractivity contribution is 7.99. The highest BCUT2D eigenvalue weighted by Crippen LogP contribution is 2.29. The predicted octanol–water partition coefficient (Wildman–Crippen LogP) is 6.55. The molecule has 0 aromatic heterocycles. The highest BCUT2D eigenvalue weighted by Gasteiger charge is 2.09. The Morgan fingerprint density at radius 1 is 1.03 bits per heavy atom. The minimum absolute atomic E-state index is 0.0530. The summed E-state index contributed by atoms with van der Waals surface area (Å²) in [6.07, 6.45) is 9.34. The van der Waals surface area contributed by atoms with Crippen LogP contribution in [0.2, 0.25) is 0 Å². The lowest BCUT2D eigenvalue weighted by molar-refractivity contribution is 0.306. The molecule has 3 rings (SSSR count). The van der Waals surface area contributed by atoms with E-state index in [1.165, 1.54) is 37.5 Å². The fraction of sp³-hybridized carbons (Fsp3) is 0.346. The average Bonchev–Trinajstić information content (AvgIpc) is 2.79. The van der Waals surface area contributed by atoms with Crippen LogP contribution in [0.15, 0.2) is 66.3 Å². The van der Waals surface area contributed by atoms with Gasteiger partial charge in [0.1, 0.15) is 18.1 Å². The maximum Gasteiger partial charge on any atom is 0.492 e. The molecule has 0 unspecified atom stereocenters. The standard InChI is InChI=1S/C26H30O3S/c1-3-5-20-8-12-23(13-9-20)24-14-10-21(11-15-24)17-29-25-7-4-6-22(16-25)18-30-19-26(27)28-2/h4,6-8,10-12,14-16H,3,5,9,13,17-19H2,1-2H3/p+1. The summed E-state index contributed by atoms with van der Waals surface area (Å²) in [5, 5.41) is 0. The maximum atomic E-state index is 9.38. The average molecular weight is 424 g/mol. The molecule has 0 radical (unpaired) electrons. The minimum atomic E-state index is 0.0530. The Labute approximate surface area is 184 Å². The zero-order chi connectivity index (χ0) is 21.2. The third-order valence-corrected chi connectivity index (χ3v) is 6.15. The van der Waals surface area contributed by atoms with Crippen LogP contribution in [0.3, 0.4) is 0 Å². The van der Waals surface area contributed by atoms with E-state index in [0.717, 1.165) is 29.1 Å². The number of carbonyl (C=O) groups excluding carboxylic acids is 1. The van der Waals surface area contributed by atoms with Gasteiger partial charge < -0.3 is 14.3 Å². The van der Waals surface area contributed by atoms with Crippen molar-refractivity contribution in [2.24, 2.45) is 0 Å². The van der Waals surface area contributed by atoms with Gasteiger partial charge in [-0.25, -0.2) is 0 Å². The van der Waals surface area contributed by atoms with Crippen LogP contribution in [0.25, 0.3) is 5.57 Å². The zero-order valence-electron chi connectivity index (χ0n) is 17.9. The molecule has 0 saturated heterocycles. The molecule has 0 aliphatic heterocycles. The molecule has 0 amide bonds. The van der Waals surface area contributed by atoms with Crippen molar-refractivity contribution in [1.29, 1.82) is 0 Å². The first-order chi connectivity index (χ1) is 14.7. The van der Waals surface area contributed by atoms with Gasteiger partial charge >= 0.3 is 5.97 Å². The first-order valence-corrected chi connectivity index (χ1v) is 11.7. The Kier molecular flexibility index (Phi) is 8.64. The molecule has 1 aliphatic carbocycles. The topological polar surface area (TPSA) is 39.9 Å². The molecule has 158 valence electrons. The van der Waals surface area contributed by atoms with Gasteiger partial charge in [0.25, 0.3) is 0 Å². The normalized spacial score (nSPS) is 13.4. The number of hydrogen-bond donors (Lipinski definition) is 0. The molecule has 2 aromatic rings. The lowest BCUT2D eigenvalue weighted by atomic mass is 9.91. The molecular weight excluding hydrogens is 392 g/mol. The minimum Gasteiger partial charge on any atom is -0.489 e. The van der Waals surface area contributed by atoms with Gasteiger partial charge in [0.2, 0.25) is 0 Å². The van der Waals surface area contributed by atoms with Crippen LogP contribution in [0.1, 0.15) is 49.3 Å². The van der Waals surface area contributed by atoms with Crippen LogP contribution in [0.4, 0.5) is 0 Å². The van der Waals surface area contributed by atoms with E-state index in [2.05, 4.69) is 55.5 Å². The summed E-state index contributed by atoms with van der Waals surface area (Å²) in [5.74, 6) is 2.18. The Hall–Kier alpha value is -2.46. The van der Waals surface area contributed by atoms with E-state index >= 15 is 0 Å². The third kappa shape index (κ3) is 6.81. The van der Waals surface area contributed by atoms with E-state index in [1.807, 2.05) is 12.1 Å². The molecule has 0 bridgehead atoms. The Morgan fingerprint density at radius 2 is 1.87 bits per heavy atom. The summed E-state index contributed by atoms with van der Waals surface area (Å²) in [6, 6.07) is 16.8. The second-order valence-corrected chi connectivity index (χ2v) is 8.48. The van der Waals surface area contributed by atoms with E-state index in [1.54, 1.807) is 17.3 Å². The maximum absolute atomic E-state index is 9.38. The lowest BCUT2D eigenvalue weighted by Crippen LogP contribution is -2.04. The second kappa shape index (κ2) is 11.7. The molecule has 1 aliphatic rings. The van der Waals surface area contributed by atoms with E-state index in [9.17, 15) is 4.79 Å². The summed E-state index contributed by atoms with van der Waals surface area (Å²) in [4.78, 5) is 9.38. The molecule has 2 aromatic carbocycles. The van der Waals surface area contributed by atoms with Gasteiger partial charge in [-0.2, -0.15) is 0 Å². The summed E-state index contributed by atoms with van der Waals surface area (Å²) in [6.45, 7) is 2.79. The Morgan fingerprint density at radius 3 is 2.57 bits per heavy atom. The van der Waals surface area contributed by atoms with Crippen LogP contribution in [0.5, 0.6) is 5.75 Å². The number of ether oxygens (including phenoxy) is 2. The number of allylic oxidation sites excluding steroid dienone is 4. The van der Waals surface area contributed by atoms with Crippen LogP contribution in [0, 0.1) is 0 Å². The van der Waals surface area contributed by atoms with Gasteiger partial charge in [-0.05, 0) is 53.7 Å². The van der Waals surface area contributed by atoms with Crippen LogP contribution < -0.4 is 4.74 Å². The van der Waals surface area contributed by atoms with Crippen molar-refractivity contribution in [3.63, 3.8) is 0 Å². The highest BCUT2D eigenvalue weighted by atomic mass is 32.2. The van der Waals surface area contributed by atoms with Gasteiger partial charge in [0, 0.05) is 5.75 Å². The Balaban J connectivity index is 1.52. The quantitative estimate of drug-likeness (QED) is 0.321. The van der Waals surface area contributed by atoms with Crippen molar-refractivity contribution < 1.29 is 14.3 Å². The van der Waals surface area contributed by atoms with Crippen LogP contribution in [-0.4, -0.2) is 23.6 Å². The van der Waals surface area contributed by atoms with Crippen molar-refractivity contribution in [2.45, 2.75) is 45.0 Å². The predicted molar refractivity (Wildman–Crippen MR) is 128 cm³/mol. The van der Waals surface area contributed by atoms with Crippen LogP contribution >= 0.6 is 11.8 Å². The van der Waals surface area contributed by atoms with Crippen molar-refractivity contribution >= 4 is 23.3 Å². The fourth-order valence-electron chi connectivity index (χ4n) is 3.47. The third-order valence-electron chi connectivity index (χ3n) is 5.17. The molecule has 0 atom stereocenters. The van der Waals surface area contributed by atoms with Gasteiger partial charge in [-0.15, -0.1) is 11.8 Å². The van der Waals surface area contributed by atoms with E-state index in [0.29, 0.717) is 12.4 Å². The van der Waals surface area contributed by atoms with Gasteiger partial charge in [-0.3, -0.25) is 0 Å². The molecule has 1 N–H and O–H groups in total. The lowest BCUT2D eigenvalue weighted by Gasteiger charge is -2.15. The molecule has 0 spiro atoms. The van der Waals surface area contributed by atoms with E-state index in [4.69, 9.17) is 9.47 Å². The monoisotopic (exact) mass is 423 g/mol. The zero-order valence-corrected chi connectivity index (χ0v) is 18.7. The van der Waals surface area contributed by atoms with Crippen LogP contribution in [-0.2, 0) is 17.1 Å². The molecule has 0 fully saturated rings. The van der Waals surface area contributed by atoms with Crippen molar-refractivity contribution in [2.75, 3.05) is 12.9 Å². The van der Waals surface area contributed by atoms with Crippen molar-refractivity contribution in [1.82, 2.24) is 0 Å². The summed E-state index contributed by atoms with van der Waals surface area (Å²) >= 11 is 1.60. The largest absolute Gasteiger partial charge is 0.492 e. The summed E-state index contributed by atoms with van der Waals surface area (Å²) < 4.78 is 10.8. The Bertz CT molecular complexity index is 897. The van der Waals surface area contributed by atoms with Gasteiger partial charge in [0.15, 0.2) is 7.11 Å². The SMILES string of the molecule is CCCC1=CC=C(c2ccc(COc3cccc(CSCC(=[OH+])OC)c3)cc2)CC1. The number of thioether (sulfide) groups is 1. The first kappa shape index (κ1) is 22.2. The number of rotatable bonds is 10. The molecule has 30 heavy (non-hydrogen) atoms. The fourth-order valence-corrected chi connectivity index (χ4v) is 4.28.